The molecule has 4 heteroatoms. The number of hydrogen-bond donors (Lipinski definition) is 2. The van der Waals surface area contributed by atoms with E-state index in [1.165, 1.54) is 19.3 Å². The first-order chi connectivity index (χ1) is 8.25. The molecule has 1 aliphatic carbocycles. The number of carbonyl (C=O) groups excluding carboxylic acids is 1. The molecule has 2 N–H and O–H groups in total. The minimum atomic E-state index is 0.159. The Morgan fingerprint density at radius 2 is 2.35 bits per heavy atom. The number of nitrogens with one attached hydrogen (secondary N) is 2. The van der Waals surface area contributed by atoms with Crippen LogP contribution >= 0.6 is 0 Å². The molecule has 0 aromatic carbocycles. The van der Waals surface area contributed by atoms with E-state index in [0.29, 0.717) is 18.9 Å². The molecule has 0 aromatic heterocycles. The van der Waals surface area contributed by atoms with Crippen molar-refractivity contribution >= 4 is 5.91 Å². The molecule has 1 heterocycles. The van der Waals surface area contributed by atoms with Gasteiger partial charge in [-0.15, -0.1) is 0 Å². The summed E-state index contributed by atoms with van der Waals surface area (Å²) in [6.45, 7) is 5.43. The molecule has 1 saturated carbocycles. The van der Waals surface area contributed by atoms with Crippen molar-refractivity contribution in [3.05, 3.63) is 0 Å². The molecule has 0 spiro atoms. The number of carbonyl (C=O) groups is 1. The van der Waals surface area contributed by atoms with E-state index < -0.39 is 0 Å². The highest BCUT2D eigenvalue weighted by molar-refractivity contribution is 5.76. The average molecular weight is 240 g/mol. The van der Waals surface area contributed by atoms with Gasteiger partial charge >= 0.3 is 0 Å². The first kappa shape index (κ1) is 12.8. The van der Waals surface area contributed by atoms with Gasteiger partial charge in [-0.05, 0) is 18.3 Å². The fourth-order valence-electron chi connectivity index (χ4n) is 2.82. The molecule has 1 saturated heterocycles. The van der Waals surface area contributed by atoms with E-state index in [4.69, 9.17) is 4.74 Å². The fourth-order valence-corrected chi connectivity index (χ4v) is 2.82. The molecule has 3 atom stereocenters. The van der Waals surface area contributed by atoms with Crippen molar-refractivity contribution in [3.8, 4) is 0 Å². The van der Waals surface area contributed by atoms with E-state index in [1.807, 2.05) is 0 Å². The Bertz CT molecular complexity index is 252. The van der Waals surface area contributed by atoms with E-state index in [2.05, 4.69) is 17.6 Å². The lowest BCUT2D eigenvalue weighted by atomic mass is 9.98. The fraction of sp³-hybridized carbons (Fsp3) is 0.923. The number of morpholine rings is 1. The number of ether oxygens (including phenoxy) is 1. The van der Waals surface area contributed by atoms with Gasteiger partial charge in [-0.2, -0.15) is 0 Å². The summed E-state index contributed by atoms with van der Waals surface area (Å²) < 4.78 is 5.34. The highest BCUT2D eigenvalue weighted by Gasteiger charge is 2.24. The molecule has 4 nitrogen and oxygen atoms in total. The molecule has 17 heavy (non-hydrogen) atoms. The standard InChI is InChI=1S/C13H24N2O2/c1-10-3-2-4-11(10)8-15-13(16)7-12-9-17-6-5-14-12/h10-12,14H,2-9H2,1H3,(H,15,16). The van der Waals surface area contributed by atoms with Crippen LogP contribution in [0.25, 0.3) is 0 Å². The second-order valence-corrected chi connectivity index (χ2v) is 5.40. The van der Waals surface area contributed by atoms with Gasteiger partial charge in [0.25, 0.3) is 0 Å². The van der Waals surface area contributed by atoms with Crippen molar-refractivity contribution < 1.29 is 9.53 Å². The van der Waals surface area contributed by atoms with Gasteiger partial charge in [-0.1, -0.05) is 19.8 Å². The highest BCUT2D eigenvalue weighted by atomic mass is 16.5. The van der Waals surface area contributed by atoms with E-state index >= 15 is 0 Å². The van der Waals surface area contributed by atoms with Crippen molar-refractivity contribution in [1.82, 2.24) is 10.6 Å². The van der Waals surface area contributed by atoms with Gasteiger partial charge in [0.05, 0.1) is 13.2 Å². The maximum Gasteiger partial charge on any atom is 0.221 e. The second-order valence-electron chi connectivity index (χ2n) is 5.40. The van der Waals surface area contributed by atoms with Gasteiger partial charge in [-0.25, -0.2) is 0 Å². The molecule has 2 rings (SSSR count). The highest BCUT2D eigenvalue weighted by Crippen LogP contribution is 2.30. The first-order valence-corrected chi connectivity index (χ1v) is 6.83. The molecule has 0 radical (unpaired) electrons. The molecule has 0 aromatic rings. The summed E-state index contributed by atoms with van der Waals surface area (Å²) in [5, 5.41) is 6.37. The SMILES string of the molecule is CC1CCCC1CNC(=O)CC1COCCN1. The molecule has 3 unspecified atom stereocenters. The summed E-state index contributed by atoms with van der Waals surface area (Å²) in [6, 6.07) is 0.199. The lowest BCUT2D eigenvalue weighted by molar-refractivity contribution is -0.122. The number of hydrogen-bond acceptors (Lipinski definition) is 3. The summed E-state index contributed by atoms with van der Waals surface area (Å²) in [7, 11) is 0. The van der Waals surface area contributed by atoms with Gasteiger partial charge in [0.2, 0.25) is 5.91 Å². The maximum atomic E-state index is 11.8. The van der Waals surface area contributed by atoms with Gasteiger partial charge < -0.3 is 15.4 Å². The van der Waals surface area contributed by atoms with Crippen LogP contribution in [0.4, 0.5) is 0 Å². The van der Waals surface area contributed by atoms with Gasteiger partial charge in [0.15, 0.2) is 0 Å². The largest absolute Gasteiger partial charge is 0.378 e. The molecule has 1 amide bonds. The summed E-state index contributed by atoms with van der Waals surface area (Å²) in [5.74, 6) is 1.62. The predicted octanol–water partition coefficient (Wildman–Crippen LogP) is 0.917. The molecule has 1 aliphatic heterocycles. The zero-order valence-electron chi connectivity index (χ0n) is 10.7. The lowest BCUT2D eigenvalue weighted by Gasteiger charge is -2.23. The maximum absolute atomic E-state index is 11.8. The topological polar surface area (TPSA) is 50.4 Å². The number of amides is 1. The third-order valence-corrected chi connectivity index (χ3v) is 4.03. The molecule has 2 fully saturated rings. The Labute approximate surface area is 103 Å². The Hall–Kier alpha value is -0.610. The summed E-state index contributed by atoms with van der Waals surface area (Å²) in [4.78, 5) is 11.8. The minimum absolute atomic E-state index is 0.159. The Kier molecular flexibility index (Phi) is 4.80. The van der Waals surface area contributed by atoms with Crippen LogP contribution in [0.2, 0.25) is 0 Å². The van der Waals surface area contributed by atoms with Crippen LogP contribution in [-0.2, 0) is 9.53 Å². The molecular weight excluding hydrogens is 216 g/mol. The van der Waals surface area contributed by atoms with E-state index in [9.17, 15) is 4.79 Å². The van der Waals surface area contributed by atoms with Gasteiger partial charge in [-0.3, -0.25) is 4.79 Å². The van der Waals surface area contributed by atoms with Crippen LogP contribution in [0, 0.1) is 11.8 Å². The normalized spacial score (nSPS) is 33.6. The van der Waals surface area contributed by atoms with Crippen LogP contribution in [-0.4, -0.2) is 38.3 Å². The summed E-state index contributed by atoms with van der Waals surface area (Å²) >= 11 is 0. The Balaban J connectivity index is 1.63. The van der Waals surface area contributed by atoms with Crippen LogP contribution in [0.5, 0.6) is 0 Å². The van der Waals surface area contributed by atoms with Crippen molar-refractivity contribution in [3.63, 3.8) is 0 Å². The molecule has 0 bridgehead atoms. The zero-order chi connectivity index (χ0) is 12.1. The zero-order valence-corrected chi connectivity index (χ0v) is 10.7. The van der Waals surface area contributed by atoms with Gasteiger partial charge in [0.1, 0.15) is 0 Å². The van der Waals surface area contributed by atoms with Crippen molar-refractivity contribution in [2.45, 2.75) is 38.6 Å². The minimum Gasteiger partial charge on any atom is -0.378 e. The smallest absolute Gasteiger partial charge is 0.221 e. The predicted molar refractivity (Wildman–Crippen MR) is 66.7 cm³/mol. The van der Waals surface area contributed by atoms with Crippen LogP contribution in [0.3, 0.4) is 0 Å². The van der Waals surface area contributed by atoms with Crippen LogP contribution < -0.4 is 10.6 Å². The second kappa shape index (κ2) is 6.36. The van der Waals surface area contributed by atoms with Crippen LogP contribution in [0.15, 0.2) is 0 Å². The molecular formula is C13H24N2O2. The third-order valence-electron chi connectivity index (χ3n) is 4.03. The van der Waals surface area contributed by atoms with Crippen molar-refractivity contribution in [2.24, 2.45) is 11.8 Å². The summed E-state index contributed by atoms with van der Waals surface area (Å²) in [5.41, 5.74) is 0. The van der Waals surface area contributed by atoms with Crippen molar-refractivity contribution in [2.75, 3.05) is 26.3 Å². The molecule has 2 aliphatic rings. The Morgan fingerprint density at radius 3 is 3.00 bits per heavy atom. The van der Waals surface area contributed by atoms with E-state index in [0.717, 1.165) is 25.6 Å². The first-order valence-electron chi connectivity index (χ1n) is 6.83. The average Bonchev–Trinajstić information content (AvgIpc) is 2.74. The lowest BCUT2D eigenvalue weighted by Crippen LogP contribution is -2.44. The number of rotatable bonds is 4. The molecule has 98 valence electrons. The van der Waals surface area contributed by atoms with E-state index in [1.54, 1.807) is 0 Å². The van der Waals surface area contributed by atoms with Crippen molar-refractivity contribution in [1.29, 1.82) is 0 Å². The van der Waals surface area contributed by atoms with E-state index in [-0.39, 0.29) is 11.9 Å². The Morgan fingerprint density at radius 1 is 1.47 bits per heavy atom. The monoisotopic (exact) mass is 240 g/mol. The van der Waals surface area contributed by atoms with Crippen LogP contribution in [0.1, 0.15) is 32.6 Å². The quantitative estimate of drug-likeness (QED) is 0.768. The third kappa shape index (κ3) is 3.96. The van der Waals surface area contributed by atoms with Gasteiger partial charge in [0, 0.05) is 25.6 Å². The summed E-state index contributed by atoms with van der Waals surface area (Å²) in [6.07, 6.45) is 4.45.